The van der Waals surface area contributed by atoms with Gasteiger partial charge in [-0.1, -0.05) is 30.7 Å². The maximum absolute atomic E-state index is 13.2. The quantitative estimate of drug-likeness (QED) is 0.588. The molecule has 0 saturated heterocycles. The highest BCUT2D eigenvalue weighted by molar-refractivity contribution is 6.31. The van der Waals surface area contributed by atoms with Crippen molar-refractivity contribution in [3.05, 3.63) is 58.6 Å². The molecule has 0 heterocycles. The van der Waals surface area contributed by atoms with Crippen molar-refractivity contribution in [3.63, 3.8) is 0 Å². The van der Waals surface area contributed by atoms with Gasteiger partial charge in [-0.3, -0.25) is 9.59 Å². The Kier molecular flexibility index (Phi) is 9.19. The summed E-state index contributed by atoms with van der Waals surface area (Å²) < 4.78 is 11.0. The molecule has 31 heavy (non-hydrogen) atoms. The Bertz CT molecular complexity index is 901. The van der Waals surface area contributed by atoms with Crippen molar-refractivity contribution in [1.29, 1.82) is 0 Å². The summed E-state index contributed by atoms with van der Waals surface area (Å²) in [6.07, 6.45) is 0.480. The number of halogens is 1. The number of ether oxygens (including phenoxy) is 2. The lowest BCUT2D eigenvalue weighted by Crippen LogP contribution is -2.51. The van der Waals surface area contributed by atoms with E-state index in [1.807, 2.05) is 52.0 Å². The highest BCUT2D eigenvalue weighted by Crippen LogP contribution is 2.22. The lowest BCUT2D eigenvalue weighted by atomic mass is 10.1. The second-order valence-electron chi connectivity index (χ2n) is 7.66. The molecule has 0 radical (unpaired) electrons. The standard InChI is InChI=1S/C24H31ClN2O4/c1-6-22(24(29)26-16(2)3)27(14-18-8-7-9-19(13-18)30-5)23(28)15-31-20-10-11-21(25)17(4)12-20/h7-13,16,22H,6,14-15H2,1-5H3,(H,26,29)/t22-/m1/s1. The van der Waals surface area contributed by atoms with Gasteiger partial charge in [-0.15, -0.1) is 0 Å². The molecule has 0 spiro atoms. The van der Waals surface area contributed by atoms with Crippen LogP contribution in [0.2, 0.25) is 5.02 Å². The van der Waals surface area contributed by atoms with Gasteiger partial charge in [-0.2, -0.15) is 0 Å². The minimum Gasteiger partial charge on any atom is -0.497 e. The topological polar surface area (TPSA) is 67.9 Å². The van der Waals surface area contributed by atoms with E-state index in [9.17, 15) is 9.59 Å². The van der Waals surface area contributed by atoms with E-state index >= 15 is 0 Å². The zero-order chi connectivity index (χ0) is 23.0. The van der Waals surface area contributed by atoms with Gasteiger partial charge in [-0.05, 0) is 68.7 Å². The summed E-state index contributed by atoms with van der Waals surface area (Å²) in [7, 11) is 1.59. The highest BCUT2D eigenvalue weighted by Gasteiger charge is 2.29. The number of hydrogen-bond donors (Lipinski definition) is 1. The summed E-state index contributed by atoms with van der Waals surface area (Å²) in [6.45, 7) is 7.63. The first-order valence-corrected chi connectivity index (χ1v) is 10.7. The summed E-state index contributed by atoms with van der Waals surface area (Å²) in [5, 5.41) is 3.55. The molecular weight excluding hydrogens is 416 g/mol. The van der Waals surface area contributed by atoms with Crippen LogP contribution in [-0.4, -0.2) is 42.5 Å². The van der Waals surface area contributed by atoms with Gasteiger partial charge in [0, 0.05) is 17.6 Å². The van der Waals surface area contributed by atoms with Crippen LogP contribution in [-0.2, 0) is 16.1 Å². The molecule has 2 rings (SSSR count). The number of aryl methyl sites for hydroxylation is 1. The van der Waals surface area contributed by atoms with E-state index in [1.54, 1.807) is 30.2 Å². The number of amides is 2. The maximum Gasteiger partial charge on any atom is 0.261 e. The van der Waals surface area contributed by atoms with E-state index in [2.05, 4.69) is 5.32 Å². The van der Waals surface area contributed by atoms with Crippen LogP contribution in [0.15, 0.2) is 42.5 Å². The molecule has 1 N–H and O–H groups in total. The molecule has 0 saturated carbocycles. The fourth-order valence-electron chi connectivity index (χ4n) is 3.20. The fraction of sp³-hybridized carbons (Fsp3) is 0.417. The summed E-state index contributed by atoms with van der Waals surface area (Å²) in [4.78, 5) is 27.6. The SMILES string of the molecule is CC[C@H](C(=O)NC(C)C)N(Cc1cccc(OC)c1)C(=O)COc1ccc(Cl)c(C)c1. The van der Waals surface area contributed by atoms with Crippen molar-refractivity contribution >= 4 is 23.4 Å². The number of nitrogens with one attached hydrogen (secondary N) is 1. The Hall–Kier alpha value is -2.73. The van der Waals surface area contributed by atoms with E-state index in [1.165, 1.54) is 0 Å². The number of carbonyl (C=O) groups excluding carboxylic acids is 2. The Morgan fingerprint density at radius 3 is 2.48 bits per heavy atom. The predicted octanol–water partition coefficient (Wildman–Crippen LogP) is 4.37. The van der Waals surface area contributed by atoms with E-state index < -0.39 is 6.04 Å². The van der Waals surface area contributed by atoms with Crippen molar-refractivity contribution in [3.8, 4) is 11.5 Å². The molecule has 2 aromatic rings. The van der Waals surface area contributed by atoms with Crippen molar-refractivity contribution < 1.29 is 19.1 Å². The first kappa shape index (κ1) is 24.5. The van der Waals surface area contributed by atoms with Gasteiger partial charge < -0.3 is 19.7 Å². The molecule has 168 valence electrons. The monoisotopic (exact) mass is 446 g/mol. The molecule has 1 atom stereocenters. The summed E-state index contributed by atoms with van der Waals surface area (Å²) >= 11 is 6.06. The van der Waals surface area contributed by atoms with Gasteiger partial charge in [0.05, 0.1) is 7.11 Å². The van der Waals surface area contributed by atoms with Crippen molar-refractivity contribution in [2.45, 2.75) is 52.7 Å². The molecule has 2 aromatic carbocycles. The zero-order valence-electron chi connectivity index (χ0n) is 18.8. The molecule has 0 aliphatic heterocycles. The highest BCUT2D eigenvalue weighted by atomic mass is 35.5. The van der Waals surface area contributed by atoms with Crippen LogP contribution in [0, 0.1) is 6.92 Å². The number of benzene rings is 2. The number of carbonyl (C=O) groups is 2. The van der Waals surface area contributed by atoms with Crippen LogP contribution in [0.1, 0.15) is 38.3 Å². The van der Waals surface area contributed by atoms with E-state index in [-0.39, 0.29) is 31.0 Å². The van der Waals surface area contributed by atoms with Crippen LogP contribution in [0.25, 0.3) is 0 Å². The molecule has 0 bridgehead atoms. The smallest absolute Gasteiger partial charge is 0.261 e. The Morgan fingerprint density at radius 1 is 1.13 bits per heavy atom. The third-order valence-corrected chi connectivity index (χ3v) is 5.22. The number of methoxy groups -OCH3 is 1. The van der Waals surface area contributed by atoms with Gasteiger partial charge in [0.2, 0.25) is 5.91 Å². The fourth-order valence-corrected chi connectivity index (χ4v) is 3.32. The molecule has 7 heteroatoms. The normalized spacial score (nSPS) is 11.7. The lowest BCUT2D eigenvalue weighted by Gasteiger charge is -2.31. The maximum atomic E-state index is 13.2. The molecule has 0 fully saturated rings. The molecule has 6 nitrogen and oxygen atoms in total. The molecule has 0 unspecified atom stereocenters. The first-order valence-electron chi connectivity index (χ1n) is 10.4. The van der Waals surface area contributed by atoms with Crippen LogP contribution in [0.5, 0.6) is 11.5 Å². The van der Waals surface area contributed by atoms with Gasteiger partial charge in [-0.25, -0.2) is 0 Å². The third-order valence-electron chi connectivity index (χ3n) is 4.80. The van der Waals surface area contributed by atoms with Gasteiger partial charge in [0.25, 0.3) is 5.91 Å². The number of hydrogen-bond acceptors (Lipinski definition) is 4. The van der Waals surface area contributed by atoms with Crippen LogP contribution >= 0.6 is 11.6 Å². The number of rotatable bonds is 10. The summed E-state index contributed by atoms with van der Waals surface area (Å²) in [6, 6.07) is 12.1. The van der Waals surface area contributed by atoms with Crippen molar-refractivity contribution in [2.75, 3.05) is 13.7 Å². The molecule has 0 aromatic heterocycles. The first-order chi connectivity index (χ1) is 14.7. The average molecular weight is 447 g/mol. The second kappa shape index (κ2) is 11.6. The molecule has 0 aliphatic carbocycles. The summed E-state index contributed by atoms with van der Waals surface area (Å²) in [5.74, 6) is 0.783. The van der Waals surface area contributed by atoms with E-state index in [0.29, 0.717) is 22.9 Å². The van der Waals surface area contributed by atoms with Gasteiger partial charge >= 0.3 is 0 Å². The second-order valence-corrected chi connectivity index (χ2v) is 8.07. The minimum absolute atomic E-state index is 0.0244. The Labute approximate surface area is 189 Å². The Morgan fingerprint density at radius 2 is 1.87 bits per heavy atom. The van der Waals surface area contributed by atoms with Gasteiger partial charge in [0.15, 0.2) is 6.61 Å². The predicted molar refractivity (Wildman–Crippen MR) is 123 cm³/mol. The Balaban J connectivity index is 2.24. The average Bonchev–Trinajstić information content (AvgIpc) is 2.73. The molecule has 0 aliphatic rings. The van der Waals surface area contributed by atoms with Crippen LogP contribution < -0.4 is 14.8 Å². The minimum atomic E-state index is -0.614. The van der Waals surface area contributed by atoms with E-state index in [4.69, 9.17) is 21.1 Å². The van der Waals surface area contributed by atoms with Gasteiger partial charge in [0.1, 0.15) is 17.5 Å². The van der Waals surface area contributed by atoms with E-state index in [0.717, 1.165) is 11.1 Å². The molecular formula is C24H31ClN2O4. The number of nitrogens with zero attached hydrogens (tertiary/aromatic N) is 1. The summed E-state index contributed by atoms with van der Waals surface area (Å²) in [5.41, 5.74) is 1.73. The lowest BCUT2D eigenvalue weighted by molar-refractivity contribution is -0.143. The zero-order valence-corrected chi connectivity index (χ0v) is 19.5. The van der Waals surface area contributed by atoms with Crippen molar-refractivity contribution in [2.24, 2.45) is 0 Å². The van der Waals surface area contributed by atoms with Crippen LogP contribution in [0.4, 0.5) is 0 Å². The van der Waals surface area contributed by atoms with Crippen molar-refractivity contribution in [1.82, 2.24) is 10.2 Å². The third kappa shape index (κ3) is 7.17. The van der Waals surface area contributed by atoms with Crippen LogP contribution in [0.3, 0.4) is 0 Å². The molecule has 2 amide bonds. The largest absolute Gasteiger partial charge is 0.497 e.